The normalized spacial score (nSPS) is 23.0. The van der Waals surface area contributed by atoms with Gasteiger partial charge in [-0.1, -0.05) is 30.3 Å². The van der Waals surface area contributed by atoms with Crippen LogP contribution >= 0.6 is 0 Å². The van der Waals surface area contributed by atoms with Gasteiger partial charge in [0.05, 0.1) is 12.5 Å². The van der Waals surface area contributed by atoms with E-state index in [2.05, 4.69) is 12.1 Å². The summed E-state index contributed by atoms with van der Waals surface area (Å²) in [5, 5.41) is 0. The smallest absolute Gasteiger partial charge is 0.312 e. The highest BCUT2D eigenvalue weighted by Gasteiger charge is 2.37. The lowest BCUT2D eigenvalue weighted by Crippen LogP contribution is -2.43. The van der Waals surface area contributed by atoms with Crippen LogP contribution in [0.3, 0.4) is 0 Å². The summed E-state index contributed by atoms with van der Waals surface area (Å²) in [6.45, 7) is 3.29. The fraction of sp³-hybridized carbons (Fsp3) is 0.500. The second kappa shape index (κ2) is 5.82. The van der Waals surface area contributed by atoms with Gasteiger partial charge in [0, 0.05) is 6.61 Å². The van der Waals surface area contributed by atoms with Crippen molar-refractivity contribution in [1.29, 1.82) is 0 Å². The van der Waals surface area contributed by atoms with Gasteiger partial charge in [-0.3, -0.25) is 4.79 Å². The number of carbonyl (C=O) groups excluding carboxylic acids is 1. The van der Waals surface area contributed by atoms with E-state index >= 15 is 0 Å². The summed E-state index contributed by atoms with van der Waals surface area (Å²) >= 11 is 0. The molecule has 1 heterocycles. The summed E-state index contributed by atoms with van der Waals surface area (Å²) in [6, 6.07) is 10.1. The zero-order valence-corrected chi connectivity index (χ0v) is 10.1. The predicted octanol–water partition coefficient (Wildman–Crippen LogP) is 2.54. The second-order valence-electron chi connectivity index (χ2n) is 4.44. The molecule has 92 valence electrons. The molecule has 1 aliphatic rings. The van der Waals surface area contributed by atoms with Crippen molar-refractivity contribution < 1.29 is 14.3 Å². The van der Waals surface area contributed by atoms with Crippen LogP contribution in [0.2, 0.25) is 0 Å². The summed E-state index contributed by atoms with van der Waals surface area (Å²) in [4.78, 5) is 10.9. The summed E-state index contributed by atoms with van der Waals surface area (Å²) in [6.07, 6.45) is 1.96. The number of hydrogen-bond acceptors (Lipinski definition) is 3. The van der Waals surface area contributed by atoms with Crippen LogP contribution in [0.1, 0.15) is 25.3 Å². The minimum Gasteiger partial charge on any atom is -0.461 e. The van der Waals surface area contributed by atoms with Crippen LogP contribution in [0.4, 0.5) is 0 Å². The van der Waals surface area contributed by atoms with Gasteiger partial charge in [-0.25, -0.2) is 0 Å². The van der Waals surface area contributed by atoms with Crippen molar-refractivity contribution in [3.05, 3.63) is 35.9 Å². The van der Waals surface area contributed by atoms with E-state index in [0.717, 1.165) is 19.4 Å². The van der Waals surface area contributed by atoms with Gasteiger partial charge in [0.1, 0.15) is 6.10 Å². The Balaban J connectivity index is 1.54. The van der Waals surface area contributed by atoms with Crippen molar-refractivity contribution in [1.82, 2.24) is 0 Å². The Kier molecular flexibility index (Phi) is 4.15. The van der Waals surface area contributed by atoms with Crippen molar-refractivity contribution in [2.45, 2.75) is 32.5 Å². The molecule has 2 rings (SSSR count). The monoisotopic (exact) mass is 234 g/mol. The molecule has 2 atom stereocenters. The number of carbonyl (C=O) groups is 1. The van der Waals surface area contributed by atoms with Gasteiger partial charge < -0.3 is 9.47 Å². The van der Waals surface area contributed by atoms with Crippen LogP contribution in [0, 0.1) is 5.92 Å². The molecule has 1 saturated heterocycles. The molecule has 1 aliphatic heterocycles. The quantitative estimate of drug-likeness (QED) is 0.560. The van der Waals surface area contributed by atoms with Crippen molar-refractivity contribution in [3.8, 4) is 0 Å². The lowest BCUT2D eigenvalue weighted by molar-refractivity contribution is -0.183. The van der Waals surface area contributed by atoms with E-state index in [1.165, 1.54) is 5.56 Å². The first kappa shape index (κ1) is 12.1. The van der Waals surface area contributed by atoms with Gasteiger partial charge in [-0.2, -0.15) is 0 Å². The average molecular weight is 234 g/mol. The molecule has 0 aromatic heterocycles. The molecule has 0 saturated carbocycles. The van der Waals surface area contributed by atoms with Gasteiger partial charge in [0.25, 0.3) is 0 Å². The van der Waals surface area contributed by atoms with Crippen molar-refractivity contribution in [2.24, 2.45) is 5.92 Å². The maximum atomic E-state index is 10.9. The van der Waals surface area contributed by atoms with Crippen LogP contribution in [-0.2, 0) is 20.9 Å². The van der Waals surface area contributed by atoms with Crippen LogP contribution in [0.15, 0.2) is 30.3 Å². The number of benzene rings is 1. The lowest BCUT2D eigenvalue weighted by Gasteiger charge is -2.32. The molecule has 3 nitrogen and oxygen atoms in total. The Morgan fingerprint density at radius 3 is 2.71 bits per heavy atom. The summed E-state index contributed by atoms with van der Waals surface area (Å²) in [5.41, 5.74) is 1.19. The van der Waals surface area contributed by atoms with Crippen LogP contribution < -0.4 is 0 Å². The largest absolute Gasteiger partial charge is 0.461 e. The molecule has 1 fully saturated rings. The van der Waals surface area contributed by atoms with E-state index in [4.69, 9.17) is 9.47 Å². The zero-order valence-electron chi connectivity index (χ0n) is 10.1. The van der Waals surface area contributed by atoms with Gasteiger partial charge in [0.2, 0.25) is 0 Å². The third-order valence-electron chi connectivity index (χ3n) is 3.09. The third-order valence-corrected chi connectivity index (χ3v) is 3.09. The number of hydrogen-bond donors (Lipinski definition) is 0. The van der Waals surface area contributed by atoms with Gasteiger partial charge in [0.15, 0.2) is 0 Å². The molecule has 0 N–H and O–H groups in total. The minimum atomic E-state index is -0.0693. The average Bonchev–Trinajstić information content (AvgIpc) is 2.38. The van der Waals surface area contributed by atoms with Crippen LogP contribution in [0.25, 0.3) is 0 Å². The Morgan fingerprint density at radius 2 is 2.06 bits per heavy atom. The molecular weight excluding hydrogens is 216 g/mol. The number of esters is 1. The van der Waals surface area contributed by atoms with E-state index < -0.39 is 0 Å². The lowest BCUT2D eigenvalue weighted by atomic mass is 9.95. The molecular formula is C14H18O3. The van der Waals surface area contributed by atoms with Crippen LogP contribution in [0.5, 0.6) is 0 Å². The summed E-state index contributed by atoms with van der Waals surface area (Å²) < 4.78 is 10.6. The first-order valence-corrected chi connectivity index (χ1v) is 6.09. The molecule has 2 unspecified atom stereocenters. The number of cyclic esters (lactones) is 1. The topological polar surface area (TPSA) is 35.5 Å². The fourth-order valence-corrected chi connectivity index (χ4v) is 1.90. The second-order valence-corrected chi connectivity index (χ2v) is 4.44. The van der Waals surface area contributed by atoms with Crippen molar-refractivity contribution >= 4 is 5.97 Å². The SMILES string of the molecule is CC1C(=O)OC1CCCOCc1ccccc1. The highest BCUT2D eigenvalue weighted by Crippen LogP contribution is 2.25. The molecule has 1 aromatic carbocycles. The van der Waals surface area contributed by atoms with E-state index in [-0.39, 0.29) is 18.0 Å². The van der Waals surface area contributed by atoms with Crippen molar-refractivity contribution in [3.63, 3.8) is 0 Å². The maximum Gasteiger partial charge on any atom is 0.312 e. The van der Waals surface area contributed by atoms with Crippen molar-refractivity contribution in [2.75, 3.05) is 6.61 Å². The molecule has 0 amide bonds. The summed E-state index contributed by atoms with van der Waals surface area (Å²) in [7, 11) is 0. The Hall–Kier alpha value is -1.35. The first-order valence-electron chi connectivity index (χ1n) is 6.09. The highest BCUT2D eigenvalue weighted by molar-refractivity contribution is 5.77. The van der Waals surface area contributed by atoms with Gasteiger partial charge >= 0.3 is 5.97 Å². The third kappa shape index (κ3) is 3.30. The molecule has 1 aromatic rings. The standard InChI is InChI=1S/C14H18O3/c1-11-13(17-14(11)15)8-5-9-16-10-12-6-3-2-4-7-12/h2-4,6-7,11,13H,5,8-10H2,1H3. The maximum absolute atomic E-state index is 10.9. The highest BCUT2D eigenvalue weighted by atomic mass is 16.6. The molecule has 0 radical (unpaired) electrons. The van der Waals surface area contributed by atoms with Gasteiger partial charge in [-0.05, 0) is 25.3 Å². The first-order chi connectivity index (χ1) is 8.27. The minimum absolute atomic E-state index is 0.0693. The molecule has 0 spiro atoms. The molecule has 17 heavy (non-hydrogen) atoms. The summed E-state index contributed by atoms with van der Waals surface area (Å²) in [5.74, 6) is 0.00401. The van der Waals surface area contributed by atoms with Crippen LogP contribution in [-0.4, -0.2) is 18.7 Å². The molecule has 0 bridgehead atoms. The van der Waals surface area contributed by atoms with E-state index in [9.17, 15) is 4.79 Å². The van der Waals surface area contributed by atoms with E-state index in [0.29, 0.717) is 6.61 Å². The van der Waals surface area contributed by atoms with E-state index in [1.807, 2.05) is 25.1 Å². The zero-order chi connectivity index (χ0) is 12.1. The Bertz CT molecular complexity index is 361. The Labute approximate surface area is 102 Å². The predicted molar refractivity (Wildman–Crippen MR) is 64.4 cm³/mol. The number of rotatable bonds is 6. The molecule has 0 aliphatic carbocycles. The fourth-order valence-electron chi connectivity index (χ4n) is 1.90. The molecule has 3 heteroatoms. The Morgan fingerprint density at radius 1 is 1.29 bits per heavy atom. The van der Waals surface area contributed by atoms with E-state index in [1.54, 1.807) is 0 Å². The van der Waals surface area contributed by atoms with Gasteiger partial charge in [-0.15, -0.1) is 0 Å². The number of ether oxygens (including phenoxy) is 2.